The van der Waals surface area contributed by atoms with Crippen LogP contribution < -0.4 is 11.1 Å². The van der Waals surface area contributed by atoms with E-state index >= 15 is 0 Å². The SMILES string of the molecule is CCCSC[C@@H](N)C(O)C(=O)N[C@@H](C)C(=O)OCC. The molecule has 7 heteroatoms. The third-order valence-corrected chi connectivity index (χ3v) is 3.65. The average molecular weight is 292 g/mol. The zero-order valence-electron chi connectivity index (χ0n) is 11.7. The molecule has 0 fully saturated rings. The molecule has 1 unspecified atom stereocenters. The summed E-state index contributed by atoms with van der Waals surface area (Å²) in [6.45, 7) is 5.47. The standard InChI is InChI=1S/C12H24N2O4S/c1-4-6-19-7-9(13)10(15)11(16)14-8(3)12(17)18-5-2/h8-10,15H,4-7,13H2,1-3H3,(H,14,16)/t8-,9+,10?/m0/s1. The van der Waals surface area contributed by atoms with Gasteiger partial charge < -0.3 is 20.9 Å². The van der Waals surface area contributed by atoms with E-state index in [-0.39, 0.29) is 6.61 Å². The first kappa shape index (κ1) is 18.2. The molecule has 112 valence electrons. The summed E-state index contributed by atoms with van der Waals surface area (Å²) in [5.41, 5.74) is 5.72. The van der Waals surface area contributed by atoms with Gasteiger partial charge in [-0.25, -0.2) is 4.79 Å². The molecule has 3 atom stereocenters. The zero-order chi connectivity index (χ0) is 14.8. The Morgan fingerprint density at radius 2 is 2.05 bits per heavy atom. The first-order valence-electron chi connectivity index (χ1n) is 6.42. The number of rotatable bonds is 9. The predicted octanol–water partition coefficient (Wildman–Crippen LogP) is -0.114. The van der Waals surface area contributed by atoms with Gasteiger partial charge in [-0.3, -0.25) is 4.79 Å². The van der Waals surface area contributed by atoms with Crippen LogP contribution in [0.3, 0.4) is 0 Å². The second-order valence-electron chi connectivity index (χ2n) is 4.17. The highest BCUT2D eigenvalue weighted by Crippen LogP contribution is 2.06. The molecule has 4 N–H and O–H groups in total. The molecule has 0 saturated carbocycles. The molecule has 0 aromatic carbocycles. The van der Waals surface area contributed by atoms with Crippen LogP contribution in [-0.2, 0) is 14.3 Å². The summed E-state index contributed by atoms with van der Waals surface area (Å²) in [5.74, 6) is 0.249. The largest absolute Gasteiger partial charge is 0.464 e. The number of carbonyl (C=O) groups is 2. The number of ether oxygens (including phenoxy) is 1. The minimum atomic E-state index is -1.32. The molecule has 0 saturated heterocycles. The molecule has 0 radical (unpaired) electrons. The number of amides is 1. The maximum Gasteiger partial charge on any atom is 0.328 e. The molecule has 0 heterocycles. The van der Waals surface area contributed by atoms with Crippen LogP contribution in [0.1, 0.15) is 27.2 Å². The third-order valence-electron chi connectivity index (χ3n) is 2.33. The molecule has 0 aliphatic carbocycles. The molecule has 19 heavy (non-hydrogen) atoms. The van der Waals surface area contributed by atoms with Gasteiger partial charge in [0, 0.05) is 11.8 Å². The topological polar surface area (TPSA) is 102 Å². The third kappa shape index (κ3) is 7.39. The van der Waals surface area contributed by atoms with E-state index in [1.807, 2.05) is 6.92 Å². The molecule has 1 amide bonds. The van der Waals surface area contributed by atoms with Crippen molar-refractivity contribution in [2.45, 2.75) is 45.4 Å². The Bertz CT molecular complexity index is 289. The molecule has 0 aromatic rings. The number of esters is 1. The molecule has 0 aliphatic rings. The van der Waals surface area contributed by atoms with Crippen molar-refractivity contribution in [2.24, 2.45) is 5.73 Å². The number of nitrogens with one attached hydrogen (secondary N) is 1. The lowest BCUT2D eigenvalue weighted by atomic mass is 10.2. The second-order valence-corrected chi connectivity index (χ2v) is 5.32. The number of nitrogens with two attached hydrogens (primary N) is 1. The monoisotopic (exact) mass is 292 g/mol. The van der Waals surface area contributed by atoms with Crippen molar-refractivity contribution in [3.8, 4) is 0 Å². The van der Waals surface area contributed by atoms with Gasteiger partial charge in [-0.15, -0.1) is 0 Å². The van der Waals surface area contributed by atoms with Gasteiger partial charge in [-0.2, -0.15) is 11.8 Å². The van der Waals surface area contributed by atoms with Crippen LogP contribution in [-0.4, -0.2) is 53.3 Å². The van der Waals surface area contributed by atoms with Gasteiger partial charge in [0.25, 0.3) is 5.91 Å². The molecule has 0 rings (SSSR count). The fraction of sp³-hybridized carbons (Fsp3) is 0.833. The summed E-state index contributed by atoms with van der Waals surface area (Å²) in [7, 11) is 0. The molecule has 0 aliphatic heterocycles. The van der Waals surface area contributed by atoms with Crippen LogP contribution in [0.5, 0.6) is 0 Å². The highest BCUT2D eigenvalue weighted by Gasteiger charge is 2.26. The van der Waals surface area contributed by atoms with Gasteiger partial charge in [-0.1, -0.05) is 6.92 Å². The molecule has 0 bridgehead atoms. The number of thioether (sulfide) groups is 1. The van der Waals surface area contributed by atoms with Gasteiger partial charge in [0.1, 0.15) is 12.1 Å². The Morgan fingerprint density at radius 1 is 1.42 bits per heavy atom. The van der Waals surface area contributed by atoms with Crippen molar-refractivity contribution in [3.63, 3.8) is 0 Å². The summed E-state index contributed by atoms with van der Waals surface area (Å²) in [5, 5.41) is 12.1. The molecular formula is C12H24N2O4S. The smallest absolute Gasteiger partial charge is 0.328 e. The summed E-state index contributed by atoms with van der Waals surface area (Å²) < 4.78 is 4.75. The van der Waals surface area contributed by atoms with Gasteiger partial charge in [0.15, 0.2) is 0 Å². The van der Waals surface area contributed by atoms with E-state index in [0.29, 0.717) is 5.75 Å². The highest BCUT2D eigenvalue weighted by atomic mass is 32.2. The minimum absolute atomic E-state index is 0.245. The van der Waals surface area contributed by atoms with Crippen molar-refractivity contribution in [3.05, 3.63) is 0 Å². The first-order chi connectivity index (χ1) is 8.93. The van der Waals surface area contributed by atoms with Gasteiger partial charge in [0.2, 0.25) is 0 Å². The van der Waals surface area contributed by atoms with Crippen molar-refractivity contribution in [1.29, 1.82) is 0 Å². The van der Waals surface area contributed by atoms with Crippen molar-refractivity contribution < 1.29 is 19.4 Å². The predicted molar refractivity (Wildman–Crippen MR) is 75.8 cm³/mol. The summed E-state index contributed by atoms with van der Waals surface area (Å²) in [4.78, 5) is 23.0. The van der Waals surface area contributed by atoms with Crippen LogP contribution >= 0.6 is 11.8 Å². The number of aliphatic hydroxyl groups excluding tert-OH is 1. The van der Waals surface area contributed by atoms with Gasteiger partial charge in [0.05, 0.1) is 6.61 Å². The van der Waals surface area contributed by atoms with E-state index in [1.54, 1.807) is 18.7 Å². The number of carbonyl (C=O) groups excluding carboxylic acids is 2. The van der Waals surface area contributed by atoms with Crippen LogP contribution in [0.4, 0.5) is 0 Å². The Balaban J connectivity index is 4.14. The van der Waals surface area contributed by atoms with Crippen molar-refractivity contribution in [1.82, 2.24) is 5.32 Å². The van der Waals surface area contributed by atoms with E-state index in [0.717, 1.165) is 12.2 Å². The Kier molecular flexibility index (Phi) is 9.63. The first-order valence-corrected chi connectivity index (χ1v) is 7.57. The summed E-state index contributed by atoms with van der Waals surface area (Å²) in [6, 6.07) is -1.44. The van der Waals surface area contributed by atoms with Crippen LogP contribution in [0.2, 0.25) is 0 Å². The zero-order valence-corrected chi connectivity index (χ0v) is 12.5. The maximum absolute atomic E-state index is 11.7. The van der Waals surface area contributed by atoms with Crippen LogP contribution in [0, 0.1) is 0 Å². The fourth-order valence-electron chi connectivity index (χ4n) is 1.27. The molecule has 0 spiro atoms. The number of hydrogen-bond donors (Lipinski definition) is 3. The number of hydrogen-bond acceptors (Lipinski definition) is 6. The van der Waals surface area contributed by atoms with Crippen LogP contribution in [0.15, 0.2) is 0 Å². The van der Waals surface area contributed by atoms with Crippen molar-refractivity contribution >= 4 is 23.6 Å². The Labute approximate surface area is 118 Å². The van der Waals surface area contributed by atoms with Gasteiger partial charge >= 0.3 is 5.97 Å². The summed E-state index contributed by atoms with van der Waals surface area (Å²) in [6.07, 6.45) is -0.305. The average Bonchev–Trinajstić information content (AvgIpc) is 2.38. The molecule has 6 nitrogen and oxygen atoms in total. The summed E-state index contributed by atoms with van der Waals surface area (Å²) >= 11 is 1.58. The van der Waals surface area contributed by atoms with E-state index in [4.69, 9.17) is 10.5 Å². The van der Waals surface area contributed by atoms with E-state index in [9.17, 15) is 14.7 Å². The van der Waals surface area contributed by atoms with Crippen LogP contribution in [0.25, 0.3) is 0 Å². The lowest BCUT2D eigenvalue weighted by Gasteiger charge is -2.20. The van der Waals surface area contributed by atoms with E-state index in [1.165, 1.54) is 6.92 Å². The second kappa shape index (κ2) is 10.1. The number of aliphatic hydroxyl groups is 1. The highest BCUT2D eigenvalue weighted by molar-refractivity contribution is 7.99. The Morgan fingerprint density at radius 3 is 2.58 bits per heavy atom. The van der Waals surface area contributed by atoms with E-state index < -0.39 is 30.1 Å². The Hall–Kier alpha value is -0.790. The fourth-order valence-corrected chi connectivity index (χ4v) is 2.18. The lowest BCUT2D eigenvalue weighted by Crippen LogP contribution is -2.51. The van der Waals surface area contributed by atoms with E-state index in [2.05, 4.69) is 5.32 Å². The van der Waals surface area contributed by atoms with Crippen molar-refractivity contribution in [2.75, 3.05) is 18.1 Å². The maximum atomic E-state index is 11.7. The normalized spacial score (nSPS) is 15.4. The minimum Gasteiger partial charge on any atom is -0.464 e. The lowest BCUT2D eigenvalue weighted by molar-refractivity contribution is -0.148. The molecular weight excluding hydrogens is 268 g/mol. The quantitative estimate of drug-likeness (QED) is 0.405. The molecule has 0 aromatic heterocycles. The van der Waals surface area contributed by atoms with Gasteiger partial charge in [-0.05, 0) is 26.0 Å².